The second-order valence-electron chi connectivity index (χ2n) is 8.61. The first kappa shape index (κ1) is 26.5. The molecule has 0 spiro atoms. The number of carbonyl (C=O) groups is 2. The van der Waals surface area contributed by atoms with Gasteiger partial charge in [-0.05, 0) is 61.4 Å². The maximum atomic E-state index is 13.4. The van der Waals surface area contributed by atoms with E-state index in [0.29, 0.717) is 48.2 Å². The van der Waals surface area contributed by atoms with Crippen molar-refractivity contribution in [2.75, 3.05) is 19.8 Å². The van der Waals surface area contributed by atoms with Crippen molar-refractivity contribution >= 4 is 17.4 Å². The molecule has 1 unspecified atom stereocenters. The van der Waals surface area contributed by atoms with Crippen LogP contribution in [0.2, 0.25) is 0 Å². The fourth-order valence-corrected chi connectivity index (χ4v) is 4.43. The molecule has 1 amide bonds. The highest BCUT2D eigenvalue weighted by atomic mass is 16.5. The lowest BCUT2D eigenvalue weighted by Gasteiger charge is -2.26. The number of likely N-dealkylation sites (tertiary alicyclic amines) is 1. The molecule has 7 heteroatoms. The summed E-state index contributed by atoms with van der Waals surface area (Å²) in [5, 5.41) is 11.4. The Balaban J connectivity index is 1.84. The van der Waals surface area contributed by atoms with Crippen LogP contribution in [0.4, 0.5) is 0 Å². The molecule has 1 fully saturated rings. The summed E-state index contributed by atoms with van der Waals surface area (Å²) < 4.78 is 17.0. The van der Waals surface area contributed by atoms with E-state index in [-0.39, 0.29) is 17.9 Å². The first-order valence-corrected chi connectivity index (χ1v) is 12.5. The smallest absolute Gasteiger partial charge is 0.295 e. The largest absolute Gasteiger partial charge is 0.507 e. The third kappa shape index (κ3) is 5.57. The van der Waals surface area contributed by atoms with Crippen molar-refractivity contribution < 1.29 is 28.9 Å². The van der Waals surface area contributed by atoms with Crippen LogP contribution >= 0.6 is 0 Å². The van der Waals surface area contributed by atoms with Crippen molar-refractivity contribution in [3.05, 3.63) is 108 Å². The zero-order chi connectivity index (χ0) is 27.1. The van der Waals surface area contributed by atoms with E-state index in [4.69, 9.17) is 14.2 Å². The number of hydrogen-bond acceptors (Lipinski definition) is 6. The number of hydrogen-bond donors (Lipinski definition) is 1. The minimum atomic E-state index is -0.838. The Hall–Kier alpha value is -4.52. The lowest BCUT2D eigenvalue weighted by Crippen LogP contribution is -2.29. The van der Waals surface area contributed by atoms with Crippen molar-refractivity contribution in [1.29, 1.82) is 0 Å². The first-order chi connectivity index (χ1) is 18.5. The zero-order valence-electron chi connectivity index (χ0n) is 21.6. The van der Waals surface area contributed by atoms with Crippen LogP contribution in [-0.2, 0) is 16.1 Å². The normalized spacial score (nSPS) is 16.4. The topological polar surface area (TPSA) is 85.3 Å². The molecule has 1 atom stereocenters. The fraction of sp³-hybridized carbons (Fsp3) is 0.226. The van der Waals surface area contributed by atoms with Crippen molar-refractivity contribution in [1.82, 2.24) is 4.90 Å². The summed E-state index contributed by atoms with van der Waals surface area (Å²) in [7, 11) is 0. The average Bonchev–Trinajstić information content (AvgIpc) is 3.18. The van der Waals surface area contributed by atoms with Crippen LogP contribution in [0.25, 0.3) is 5.76 Å². The van der Waals surface area contributed by atoms with Gasteiger partial charge in [0, 0.05) is 12.1 Å². The number of amides is 1. The Bertz CT molecular complexity index is 1330. The van der Waals surface area contributed by atoms with Gasteiger partial charge in [0.25, 0.3) is 11.7 Å². The molecule has 1 heterocycles. The molecule has 38 heavy (non-hydrogen) atoms. The number of carbonyl (C=O) groups excluding carboxylic acids is 2. The molecular formula is C31H31NO6. The molecule has 0 radical (unpaired) electrons. The number of rotatable bonds is 11. The van der Waals surface area contributed by atoms with Crippen LogP contribution in [0.1, 0.15) is 36.6 Å². The molecule has 4 rings (SSSR count). The monoisotopic (exact) mass is 513 g/mol. The van der Waals surface area contributed by atoms with Gasteiger partial charge in [0.2, 0.25) is 0 Å². The van der Waals surface area contributed by atoms with E-state index in [1.807, 2.05) is 44.2 Å². The maximum absolute atomic E-state index is 13.4. The number of benzene rings is 3. The number of aliphatic hydroxyl groups excluding tert-OH is 1. The van der Waals surface area contributed by atoms with Gasteiger partial charge >= 0.3 is 0 Å². The summed E-state index contributed by atoms with van der Waals surface area (Å²) >= 11 is 0. The molecule has 3 aromatic rings. The lowest BCUT2D eigenvalue weighted by molar-refractivity contribution is -0.140. The number of aliphatic hydroxyl groups is 1. The molecule has 1 aliphatic heterocycles. The highest BCUT2D eigenvalue weighted by Crippen LogP contribution is 2.43. The summed E-state index contributed by atoms with van der Waals surface area (Å²) in [6.45, 7) is 8.81. The highest BCUT2D eigenvalue weighted by Gasteiger charge is 2.46. The molecule has 0 saturated carbocycles. The average molecular weight is 514 g/mol. The zero-order valence-corrected chi connectivity index (χ0v) is 21.6. The fourth-order valence-electron chi connectivity index (χ4n) is 4.43. The second kappa shape index (κ2) is 12.1. The van der Waals surface area contributed by atoms with Gasteiger partial charge in [0.05, 0.1) is 24.8 Å². The standard InChI is InChI=1S/C31H31NO6/c1-4-18-38-25-17-14-23(19-26(25)37-6-3)28-27(29(33)22-12-15-24(16-13-22)36-5-2)30(34)31(35)32(28)20-21-10-8-7-9-11-21/h4,7-17,19,28,33H,1,5-6,18,20H2,2-3H3. The minimum Gasteiger partial charge on any atom is -0.507 e. The Morgan fingerprint density at radius 1 is 0.921 bits per heavy atom. The van der Waals surface area contributed by atoms with Crippen LogP contribution in [0, 0.1) is 0 Å². The lowest BCUT2D eigenvalue weighted by atomic mass is 9.94. The Morgan fingerprint density at radius 3 is 2.29 bits per heavy atom. The van der Waals surface area contributed by atoms with Crippen LogP contribution < -0.4 is 14.2 Å². The number of Topliss-reactive ketones (excluding diaryl/α,β-unsaturated/α-hetero) is 1. The summed E-state index contributed by atoms with van der Waals surface area (Å²) in [6.07, 6.45) is 1.63. The molecule has 196 valence electrons. The third-order valence-corrected chi connectivity index (χ3v) is 6.11. The van der Waals surface area contributed by atoms with Gasteiger partial charge in [-0.25, -0.2) is 0 Å². The van der Waals surface area contributed by atoms with Crippen molar-refractivity contribution in [3.63, 3.8) is 0 Å². The molecule has 0 aliphatic carbocycles. The van der Waals surface area contributed by atoms with Gasteiger partial charge in [-0.3, -0.25) is 9.59 Å². The molecule has 1 N–H and O–H groups in total. The van der Waals surface area contributed by atoms with E-state index in [0.717, 1.165) is 5.56 Å². The quantitative estimate of drug-likeness (QED) is 0.154. The van der Waals surface area contributed by atoms with Gasteiger partial charge in [-0.15, -0.1) is 0 Å². The number of ether oxygens (including phenoxy) is 3. The van der Waals surface area contributed by atoms with Crippen LogP contribution in [-0.4, -0.2) is 41.5 Å². The predicted molar refractivity (Wildman–Crippen MR) is 145 cm³/mol. The number of ketones is 1. The van der Waals surface area contributed by atoms with E-state index in [1.54, 1.807) is 48.5 Å². The molecule has 0 bridgehead atoms. The van der Waals surface area contributed by atoms with E-state index in [1.165, 1.54) is 4.90 Å². The summed E-state index contributed by atoms with van der Waals surface area (Å²) in [5.41, 5.74) is 1.89. The van der Waals surface area contributed by atoms with E-state index in [2.05, 4.69) is 6.58 Å². The van der Waals surface area contributed by atoms with Crippen molar-refractivity contribution in [2.24, 2.45) is 0 Å². The Kier molecular flexibility index (Phi) is 8.48. The van der Waals surface area contributed by atoms with E-state index in [9.17, 15) is 14.7 Å². The maximum Gasteiger partial charge on any atom is 0.295 e. The summed E-state index contributed by atoms with van der Waals surface area (Å²) in [5.74, 6) is -0.0581. The first-order valence-electron chi connectivity index (χ1n) is 12.5. The summed E-state index contributed by atoms with van der Waals surface area (Å²) in [4.78, 5) is 28.2. The highest BCUT2D eigenvalue weighted by molar-refractivity contribution is 6.46. The summed E-state index contributed by atoms with van der Waals surface area (Å²) in [6, 6.07) is 20.6. The Labute approximate surface area is 222 Å². The molecule has 3 aromatic carbocycles. The number of nitrogens with zero attached hydrogens (tertiary/aromatic N) is 1. The predicted octanol–water partition coefficient (Wildman–Crippen LogP) is 5.67. The van der Waals surface area contributed by atoms with E-state index < -0.39 is 17.7 Å². The molecular weight excluding hydrogens is 482 g/mol. The van der Waals surface area contributed by atoms with Crippen LogP contribution in [0.3, 0.4) is 0 Å². The van der Waals surface area contributed by atoms with Gasteiger partial charge in [-0.1, -0.05) is 49.1 Å². The van der Waals surface area contributed by atoms with Gasteiger partial charge in [-0.2, -0.15) is 0 Å². The van der Waals surface area contributed by atoms with Crippen LogP contribution in [0.5, 0.6) is 17.2 Å². The van der Waals surface area contributed by atoms with Gasteiger partial charge in [0.15, 0.2) is 11.5 Å². The molecule has 1 saturated heterocycles. The van der Waals surface area contributed by atoms with Crippen LogP contribution in [0.15, 0.2) is 91.0 Å². The van der Waals surface area contributed by atoms with Crippen molar-refractivity contribution in [2.45, 2.75) is 26.4 Å². The third-order valence-electron chi connectivity index (χ3n) is 6.11. The molecule has 0 aromatic heterocycles. The second-order valence-corrected chi connectivity index (χ2v) is 8.61. The van der Waals surface area contributed by atoms with Gasteiger partial charge in [0.1, 0.15) is 18.1 Å². The molecule has 7 nitrogen and oxygen atoms in total. The van der Waals surface area contributed by atoms with Gasteiger partial charge < -0.3 is 24.2 Å². The van der Waals surface area contributed by atoms with Crippen molar-refractivity contribution in [3.8, 4) is 17.2 Å². The van der Waals surface area contributed by atoms with E-state index >= 15 is 0 Å². The Morgan fingerprint density at radius 2 is 1.63 bits per heavy atom. The SMILES string of the molecule is C=CCOc1ccc(C2C(=C(O)c3ccc(OCC)cc3)C(=O)C(=O)N2Cc2ccccc2)cc1OCC. The molecule has 1 aliphatic rings. The minimum absolute atomic E-state index is 0.0114.